The van der Waals surface area contributed by atoms with Crippen LogP contribution in [-0.4, -0.2) is 44.2 Å². The molecule has 1 fully saturated rings. The summed E-state index contributed by atoms with van der Waals surface area (Å²) >= 11 is 0. The van der Waals surface area contributed by atoms with Crippen molar-refractivity contribution in [2.24, 2.45) is 0 Å². The molecule has 0 bridgehead atoms. The fourth-order valence-electron chi connectivity index (χ4n) is 2.72. The van der Waals surface area contributed by atoms with E-state index in [2.05, 4.69) is 10.6 Å². The maximum absolute atomic E-state index is 12.8. The average Bonchev–Trinajstić information content (AvgIpc) is 2.67. The van der Waals surface area contributed by atoms with Gasteiger partial charge in [-0.15, -0.1) is 0 Å². The third-order valence-electron chi connectivity index (χ3n) is 4.21. The van der Waals surface area contributed by atoms with Gasteiger partial charge in [-0.1, -0.05) is 6.07 Å². The van der Waals surface area contributed by atoms with Crippen molar-refractivity contribution < 1.29 is 31.2 Å². The van der Waals surface area contributed by atoms with Crippen LogP contribution in [0.1, 0.15) is 15.9 Å². The molecule has 2 aromatic rings. The van der Waals surface area contributed by atoms with Crippen molar-refractivity contribution in [2.45, 2.75) is 11.1 Å². The van der Waals surface area contributed by atoms with Crippen LogP contribution in [0.5, 0.6) is 0 Å². The molecule has 0 radical (unpaired) electrons. The first-order valence-corrected chi connectivity index (χ1v) is 9.87. The summed E-state index contributed by atoms with van der Waals surface area (Å²) in [6.07, 6.45) is -4.54. The van der Waals surface area contributed by atoms with Gasteiger partial charge < -0.3 is 10.6 Å². The molecule has 11 heteroatoms. The average molecular weight is 427 g/mol. The molecule has 0 spiro atoms. The van der Waals surface area contributed by atoms with Crippen LogP contribution in [0, 0.1) is 0 Å². The zero-order valence-corrected chi connectivity index (χ0v) is 15.7. The fourth-order valence-corrected chi connectivity index (χ4v) is 4.12. The first-order chi connectivity index (χ1) is 13.6. The minimum atomic E-state index is -4.54. The number of nitrogens with zero attached hydrogens (tertiary/aromatic N) is 1. The third-order valence-corrected chi connectivity index (χ3v) is 6.06. The van der Waals surface area contributed by atoms with E-state index in [0.29, 0.717) is 0 Å². The first kappa shape index (κ1) is 20.8. The third kappa shape index (κ3) is 4.74. The van der Waals surface area contributed by atoms with Crippen LogP contribution in [0.2, 0.25) is 0 Å². The van der Waals surface area contributed by atoms with Crippen molar-refractivity contribution in [1.29, 1.82) is 0 Å². The Morgan fingerprint density at radius 2 is 1.79 bits per heavy atom. The van der Waals surface area contributed by atoms with Crippen LogP contribution in [0.4, 0.5) is 18.9 Å². The summed E-state index contributed by atoms with van der Waals surface area (Å²) in [6.45, 7) is 0.0432. The van der Waals surface area contributed by atoms with Gasteiger partial charge in [-0.05, 0) is 42.5 Å². The van der Waals surface area contributed by atoms with Crippen molar-refractivity contribution >= 4 is 27.5 Å². The molecule has 29 heavy (non-hydrogen) atoms. The Morgan fingerprint density at radius 3 is 2.41 bits per heavy atom. The molecule has 1 aliphatic rings. The first-order valence-electron chi connectivity index (χ1n) is 8.43. The number of alkyl halides is 3. The zero-order chi connectivity index (χ0) is 21.2. The largest absolute Gasteiger partial charge is 0.416 e. The van der Waals surface area contributed by atoms with E-state index < -0.39 is 33.6 Å². The smallest absolute Gasteiger partial charge is 0.354 e. The molecule has 1 aliphatic heterocycles. The highest BCUT2D eigenvalue weighted by Crippen LogP contribution is 2.30. The number of sulfonamides is 1. The number of amides is 2. The second kappa shape index (κ2) is 7.84. The molecule has 3 rings (SSSR count). The number of anilines is 1. The molecular weight excluding hydrogens is 411 g/mol. The highest BCUT2D eigenvalue weighted by atomic mass is 32.2. The molecule has 154 valence electrons. The van der Waals surface area contributed by atoms with E-state index in [0.717, 1.165) is 16.4 Å². The number of nitrogens with one attached hydrogen (secondary N) is 2. The molecule has 2 amide bonds. The number of hydrogen-bond donors (Lipinski definition) is 2. The summed E-state index contributed by atoms with van der Waals surface area (Å²) in [5, 5.41) is 4.87. The Balaban J connectivity index is 1.75. The highest BCUT2D eigenvalue weighted by molar-refractivity contribution is 7.89. The Hall–Kier alpha value is -2.92. The van der Waals surface area contributed by atoms with Gasteiger partial charge in [0, 0.05) is 24.3 Å². The van der Waals surface area contributed by atoms with Gasteiger partial charge in [-0.2, -0.15) is 17.5 Å². The monoisotopic (exact) mass is 427 g/mol. The quantitative estimate of drug-likeness (QED) is 0.781. The second-order valence-corrected chi connectivity index (χ2v) is 8.18. The van der Waals surface area contributed by atoms with Crippen LogP contribution in [0.25, 0.3) is 0 Å². The maximum Gasteiger partial charge on any atom is 0.416 e. The normalized spacial score (nSPS) is 15.6. The molecule has 0 aliphatic carbocycles. The van der Waals surface area contributed by atoms with E-state index in [9.17, 15) is 31.2 Å². The van der Waals surface area contributed by atoms with Gasteiger partial charge in [0.2, 0.25) is 15.9 Å². The van der Waals surface area contributed by atoms with E-state index >= 15 is 0 Å². The predicted molar refractivity (Wildman–Crippen MR) is 97.6 cm³/mol. The van der Waals surface area contributed by atoms with Crippen LogP contribution < -0.4 is 10.6 Å². The van der Waals surface area contributed by atoms with Gasteiger partial charge in [0.05, 0.1) is 17.0 Å². The Morgan fingerprint density at radius 1 is 1.10 bits per heavy atom. The number of halogens is 3. The summed E-state index contributed by atoms with van der Waals surface area (Å²) in [4.78, 5) is 23.6. The van der Waals surface area contributed by atoms with Crippen LogP contribution in [0.3, 0.4) is 0 Å². The summed E-state index contributed by atoms with van der Waals surface area (Å²) in [5.41, 5.74) is -0.874. The summed E-state index contributed by atoms with van der Waals surface area (Å²) in [6, 6.07) is 9.09. The standard InChI is InChI=1S/C18H16F3N3O4S/c19-18(20,21)13-2-1-3-14(10-13)23-17(26)12-4-6-15(7-5-12)29(27,28)24-9-8-22-16(25)11-24/h1-7,10H,8-9,11H2,(H,22,25)(H,23,26). The molecule has 0 saturated carbocycles. The van der Waals surface area contributed by atoms with Gasteiger partial charge >= 0.3 is 6.18 Å². The van der Waals surface area contributed by atoms with Crippen LogP contribution in [0.15, 0.2) is 53.4 Å². The number of hydrogen-bond acceptors (Lipinski definition) is 4. The van der Waals surface area contributed by atoms with Gasteiger partial charge in [0.1, 0.15) is 0 Å². The number of rotatable bonds is 4. The lowest BCUT2D eigenvalue weighted by atomic mass is 10.1. The maximum atomic E-state index is 12.8. The van der Waals surface area contributed by atoms with Gasteiger partial charge in [0.15, 0.2) is 0 Å². The molecule has 0 aromatic heterocycles. The van der Waals surface area contributed by atoms with E-state index in [1.54, 1.807) is 0 Å². The SMILES string of the molecule is O=C1CN(S(=O)(=O)c2ccc(C(=O)Nc3cccc(C(F)(F)F)c3)cc2)CCN1. The number of benzene rings is 2. The van der Waals surface area contributed by atoms with Gasteiger partial charge in [-0.3, -0.25) is 9.59 Å². The van der Waals surface area contributed by atoms with Crippen LogP contribution in [-0.2, 0) is 21.0 Å². The van der Waals surface area contributed by atoms with E-state index in [-0.39, 0.29) is 35.8 Å². The van der Waals surface area contributed by atoms with Gasteiger partial charge in [0.25, 0.3) is 5.91 Å². The number of piperazine rings is 1. The second-order valence-electron chi connectivity index (χ2n) is 6.25. The molecule has 1 heterocycles. The van der Waals surface area contributed by atoms with Crippen molar-refractivity contribution in [1.82, 2.24) is 9.62 Å². The summed E-state index contributed by atoms with van der Waals surface area (Å²) < 4.78 is 64.5. The predicted octanol–water partition coefficient (Wildman–Crippen LogP) is 2.08. The molecule has 0 atom stereocenters. The molecule has 7 nitrogen and oxygen atoms in total. The van der Waals surface area contributed by atoms with Crippen molar-refractivity contribution in [3.63, 3.8) is 0 Å². The molecule has 1 saturated heterocycles. The lowest BCUT2D eigenvalue weighted by molar-refractivity contribution is -0.137. The molecule has 2 aromatic carbocycles. The Labute approximate surface area is 164 Å². The van der Waals surface area contributed by atoms with E-state index in [1.165, 1.54) is 36.4 Å². The van der Waals surface area contributed by atoms with E-state index in [1.807, 2.05) is 0 Å². The van der Waals surface area contributed by atoms with Crippen LogP contribution >= 0.6 is 0 Å². The number of carbonyl (C=O) groups is 2. The molecular formula is C18H16F3N3O4S. The fraction of sp³-hybridized carbons (Fsp3) is 0.222. The highest BCUT2D eigenvalue weighted by Gasteiger charge is 2.31. The topological polar surface area (TPSA) is 95.6 Å². The minimum Gasteiger partial charge on any atom is -0.354 e. The Kier molecular flexibility index (Phi) is 5.62. The number of carbonyl (C=O) groups excluding carboxylic acids is 2. The zero-order valence-electron chi connectivity index (χ0n) is 14.9. The van der Waals surface area contributed by atoms with Gasteiger partial charge in [-0.25, -0.2) is 8.42 Å². The van der Waals surface area contributed by atoms with Crippen molar-refractivity contribution in [3.05, 3.63) is 59.7 Å². The van der Waals surface area contributed by atoms with Crippen molar-refractivity contribution in [3.8, 4) is 0 Å². The molecule has 2 N–H and O–H groups in total. The minimum absolute atomic E-state index is 0.0409. The summed E-state index contributed by atoms with van der Waals surface area (Å²) in [7, 11) is -3.90. The summed E-state index contributed by atoms with van der Waals surface area (Å²) in [5.74, 6) is -1.09. The van der Waals surface area contributed by atoms with Crippen molar-refractivity contribution in [2.75, 3.05) is 25.0 Å². The molecule has 0 unspecified atom stereocenters. The lowest BCUT2D eigenvalue weighted by Gasteiger charge is -2.25. The lowest BCUT2D eigenvalue weighted by Crippen LogP contribution is -2.49. The Bertz CT molecular complexity index is 1040. The van der Waals surface area contributed by atoms with E-state index in [4.69, 9.17) is 0 Å².